The Kier molecular flexibility index (Phi) is 5.43. The smallest absolute Gasteiger partial charge is 0.233 e. The lowest BCUT2D eigenvalue weighted by atomic mass is 10.1. The normalized spacial score (nSPS) is 20.0. The first kappa shape index (κ1) is 19.0. The first-order valence-corrected chi connectivity index (χ1v) is 11.2. The molecule has 2 heterocycles. The third kappa shape index (κ3) is 4.29. The number of rotatable bonds is 5. The van der Waals surface area contributed by atoms with Gasteiger partial charge in [0.05, 0.1) is 28.6 Å². The molecule has 0 spiro atoms. The second-order valence-corrected chi connectivity index (χ2v) is 10.3. The van der Waals surface area contributed by atoms with Crippen LogP contribution in [-0.4, -0.2) is 46.7 Å². The monoisotopic (exact) mass is 393 g/mol. The fourth-order valence-electron chi connectivity index (χ4n) is 2.93. The first-order chi connectivity index (χ1) is 12.2. The van der Waals surface area contributed by atoms with Crippen molar-refractivity contribution in [3.8, 4) is 11.3 Å². The summed E-state index contributed by atoms with van der Waals surface area (Å²) in [5.74, 6) is 0.0338. The van der Waals surface area contributed by atoms with Gasteiger partial charge in [-0.3, -0.25) is 4.79 Å². The van der Waals surface area contributed by atoms with Crippen LogP contribution >= 0.6 is 11.8 Å². The van der Waals surface area contributed by atoms with Gasteiger partial charge in [-0.05, 0) is 25.8 Å². The summed E-state index contributed by atoms with van der Waals surface area (Å²) in [5.41, 5.74) is 3.26. The molecule has 6 nitrogen and oxygen atoms in total. The number of hydrogen-bond acceptors (Lipinski definition) is 5. The molecule has 0 bridgehead atoms. The number of imidazole rings is 1. The van der Waals surface area contributed by atoms with Crippen molar-refractivity contribution in [2.24, 2.45) is 7.05 Å². The summed E-state index contributed by atoms with van der Waals surface area (Å²) in [6, 6.07) is 7.94. The Labute approximate surface area is 158 Å². The van der Waals surface area contributed by atoms with Gasteiger partial charge in [0.15, 0.2) is 15.0 Å². The van der Waals surface area contributed by atoms with E-state index in [4.69, 9.17) is 0 Å². The number of sulfone groups is 1. The highest BCUT2D eigenvalue weighted by Crippen LogP contribution is 2.28. The lowest BCUT2D eigenvalue weighted by molar-refractivity contribution is -0.120. The van der Waals surface area contributed by atoms with Crippen molar-refractivity contribution in [3.63, 3.8) is 0 Å². The van der Waals surface area contributed by atoms with E-state index in [-0.39, 0.29) is 28.7 Å². The number of amides is 1. The van der Waals surface area contributed by atoms with Crippen molar-refractivity contribution in [1.29, 1.82) is 0 Å². The fourth-order valence-corrected chi connectivity index (χ4v) is 5.47. The van der Waals surface area contributed by atoms with Crippen molar-refractivity contribution in [1.82, 2.24) is 14.9 Å². The van der Waals surface area contributed by atoms with Gasteiger partial charge in [0.2, 0.25) is 5.91 Å². The first-order valence-electron chi connectivity index (χ1n) is 8.51. The van der Waals surface area contributed by atoms with Gasteiger partial charge in [0.1, 0.15) is 0 Å². The minimum atomic E-state index is -3.00. The molecule has 140 valence electrons. The number of carbonyl (C=O) groups is 1. The van der Waals surface area contributed by atoms with E-state index in [9.17, 15) is 13.2 Å². The highest BCUT2D eigenvalue weighted by Gasteiger charge is 2.30. The highest BCUT2D eigenvalue weighted by molar-refractivity contribution is 8.00. The number of nitrogens with zero attached hydrogens (tertiary/aromatic N) is 2. The summed E-state index contributed by atoms with van der Waals surface area (Å²) in [6.07, 6.45) is 2.30. The van der Waals surface area contributed by atoms with Crippen LogP contribution in [0.3, 0.4) is 0 Å². The molecule has 1 aromatic heterocycles. The Hall–Kier alpha value is -1.80. The maximum absolute atomic E-state index is 12.4. The van der Waals surface area contributed by atoms with E-state index < -0.39 is 9.84 Å². The van der Waals surface area contributed by atoms with Crippen LogP contribution in [0, 0.1) is 6.92 Å². The van der Waals surface area contributed by atoms with E-state index in [1.807, 2.05) is 25.5 Å². The van der Waals surface area contributed by atoms with Crippen LogP contribution < -0.4 is 5.32 Å². The quantitative estimate of drug-likeness (QED) is 0.788. The Morgan fingerprint density at radius 2 is 2.04 bits per heavy atom. The van der Waals surface area contributed by atoms with Crippen molar-refractivity contribution in [2.45, 2.75) is 36.7 Å². The molecule has 1 aliphatic rings. The zero-order valence-electron chi connectivity index (χ0n) is 15.1. The minimum Gasteiger partial charge on any atom is -0.351 e. The van der Waals surface area contributed by atoms with Crippen LogP contribution in [0.2, 0.25) is 0 Å². The molecule has 0 unspecified atom stereocenters. The molecule has 0 aliphatic carbocycles. The SMILES string of the molecule is Cc1ccc(-c2cnc(S[C@H](C)C(=O)N[C@@H]3CCS(=O)(=O)C3)n2C)cc1. The van der Waals surface area contributed by atoms with Crippen molar-refractivity contribution in [3.05, 3.63) is 36.0 Å². The van der Waals surface area contributed by atoms with E-state index in [1.165, 1.54) is 17.3 Å². The molecular formula is C18H23N3O3S2. The summed E-state index contributed by atoms with van der Waals surface area (Å²) < 4.78 is 25.0. The molecule has 2 atom stereocenters. The number of hydrogen-bond donors (Lipinski definition) is 1. The van der Waals surface area contributed by atoms with Gasteiger partial charge in [0, 0.05) is 13.1 Å². The van der Waals surface area contributed by atoms with Crippen LogP contribution in [0.5, 0.6) is 0 Å². The van der Waals surface area contributed by atoms with Gasteiger partial charge in [-0.25, -0.2) is 13.4 Å². The number of nitrogens with one attached hydrogen (secondary N) is 1. The maximum Gasteiger partial charge on any atom is 0.233 e. The number of carbonyl (C=O) groups excluding carboxylic acids is 1. The van der Waals surface area contributed by atoms with E-state index in [1.54, 1.807) is 6.20 Å². The highest BCUT2D eigenvalue weighted by atomic mass is 32.2. The van der Waals surface area contributed by atoms with Gasteiger partial charge in [0.25, 0.3) is 0 Å². The van der Waals surface area contributed by atoms with Crippen LogP contribution in [0.25, 0.3) is 11.3 Å². The summed E-state index contributed by atoms with van der Waals surface area (Å²) in [7, 11) is -1.07. The molecule has 1 saturated heterocycles. The molecule has 1 aromatic carbocycles. The molecule has 0 radical (unpaired) electrons. The molecule has 0 saturated carbocycles. The lowest BCUT2D eigenvalue weighted by Crippen LogP contribution is -2.40. The number of aromatic nitrogens is 2. The second-order valence-electron chi connectivity index (χ2n) is 6.72. The number of aryl methyl sites for hydroxylation is 1. The van der Waals surface area contributed by atoms with E-state index in [2.05, 4.69) is 34.6 Å². The zero-order chi connectivity index (χ0) is 18.9. The third-order valence-electron chi connectivity index (χ3n) is 4.52. The maximum atomic E-state index is 12.4. The molecule has 8 heteroatoms. The number of thioether (sulfide) groups is 1. The fraction of sp³-hybridized carbons (Fsp3) is 0.444. The molecule has 26 heavy (non-hydrogen) atoms. The van der Waals surface area contributed by atoms with E-state index >= 15 is 0 Å². The second kappa shape index (κ2) is 7.44. The molecular weight excluding hydrogens is 370 g/mol. The molecule has 2 aromatic rings. The largest absolute Gasteiger partial charge is 0.351 e. The topological polar surface area (TPSA) is 81.1 Å². The van der Waals surface area contributed by atoms with E-state index in [0.717, 1.165) is 16.4 Å². The summed E-state index contributed by atoms with van der Waals surface area (Å²) in [6.45, 7) is 3.86. The van der Waals surface area contributed by atoms with Crippen LogP contribution in [0.4, 0.5) is 0 Å². The molecule has 1 amide bonds. The van der Waals surface area contributed by atoms with Crippen LogP contribution in [-0.2, 0) is 21.7 Å². The van der Waals surface area contributed by atoms with Crippen molar-refractivity contribution < 1.29 is 13.2 Å². The van der Waals surface area contributed by atoms with Crippen LogP contribution in [0.1, 0.15) is 18.9 Å². The number of benzene rings is 1. The molecule has 1 fully saturated rings. The Morgan fingerprint density at radius 3 is 2.65 bits per heavy atom. The van der Waals surface area contributed by atoms with Gasteiger partial charge in [-0.15, -0.1) is 0 Å². The van der Waals surface area contributed by atoms with Gasteiger partial charge in [-0.1, -0.05) is 41.6 Å². The average Bonchev–Trinajstić information content (AvgIpc) is 3.11. The predicted octanol–water partition coefficient (Wildman–Crippen LogP) is 2.18. The standard InChI is InChI=1S/C18H23N3O3S2/c1-12-4-6-14(7-5-12)16-10-19-18(21(16)3)25-13(2)17(22)20-15-8-9-26(23,24)11-15/h4-7,10,13,15H,8-9,11H2,1-3H3,(H,20,22)/t13-,15-/m1/s1. The van der Waals surface area contributed by atoms with E-state index in [0.29, 0.717) is 6.42 Å². The average molecular weight is 394 g/mol. The Balaban J connectivity index is 1.65. The molecule has 1 aliphatic heterocycles. The Bertz CT molecular complexity index is 904. The van der Waals surface area contributed by atoms with Crippen molar-refractivity contribution in [2.75, 3.05) is 11.5 Å². The van der Waals surface area contributed by atoms with Crippen LogP contribution in [0.15, 0.2) is 35.6 Å². The Morgan fingerprint density at radius 1 is 1.35 bits per heavy atom. The third-order valence-corrected chi connectivity index (χ3v) is 7.45. The summed E-state index contributed by atoms with van der Waals surface area (Å²) >= 11 is 1.37. The molecule has 3 rings (SSSR count). The van der Waals surface area contributed by atoms with Gasteiger partial charge in [-0.2, -0.15) is 0 Å². The lowest BCUT2D eigenvalue weighted by Gasteiger charge is -2.15. The van der Waals surface area contributed by atoms with Crippen molar-refractivity contribution >= 4 is 27.5 Å². The summed E-state index contributed by atoms with van der Waals surface area (Å²) in [5, 5.41) is 3.24. The molecule has 1 N–H and O–H groups in total. The van der Waals surface area contributed by atoms with Gasteiger partial charge < -0.3 is 9.88 Å². The van der Waals surface area contributed by atoms with Gasteiger partial charge >= 0.3 is 0 Å². The minimum absolute atomic E-state index is 0.0378. The zero-order valence-corrected chi connectivity index (χ0v) is 16.7. The predicted molar refractivity (Wildman–Crippen MR) is 104 cm³/mol. The summed E-state index contributed by atoms with van der Waals surface area (Å²) in [4.78, 5) is 16.8.